The second-order valence-corrected chi connectivity index (χ2v) is 6.08. The van der Waals surface area contributed by atoms with Crippen LogP contribution in [0.1, 0.15) is 18.5 Å². The van der Waals surface area contributed by atoms with Crippen molar-refractivity contribution in [2.24, 2.45) is 4.99 Å². The molecule has 0 aliphatic carbocycles. The Hall–Kier alpha value is -2.12. The summed E-state index contributed by atoms with van der Waals surface area (Å²) in [4.78, 5) is 8.84. The van der Waals surface area contributed by atoms with Gasteiger partial charge in [0.1, 0.15) is 5.65 Å². The maximum absolute atomic E-state index is 5.75. The Morgan fingerprint density at radius 3 is 3.12 bits per heavy atom. The van der Waals surface area contributed by atoms with Gasteiger partial charge in [-0.15, -0.1) is 0 Å². The van der Waals surface area contributed by atoms with Gasteiger partial charge in [-0.05, 0) is 25.0 Å². The summed E-state index contributed by atoms with van der Waals surface area (Å²) < 4.78 is 13.1. The number of hydrogen-bond donors (Lipinski definition) is 2. The molecule has 0 bridgehead atoms. The number of guanidine groups is 1. The monoisotopic (exact) mass is 345 g/mol. The minimum absolute atomic E-state index is 0.280. The number of pyridine rings is 1. The van der Waals surface area contributed by atoms with E-state index in [2.05, 4.69) is 26.8 Å². The second-order valence-electron chi connectivity index (χ2n) is 6.08. The molecule has 0 aromatic carbocycles. The van der Waals surface area contributed by atoms with Crippen LogP contribution in [0, 0.1) is 0 Å². The Bertz CT molecular complexity index is 646. The molecule has 2 aromatic rings. The van der Waals surface area contributed by atoms with Crippen molar-refractivity contribution in [2.45, 2.75) is 25.4 Å². The van der Waals surface area contributed by atoms with Crippen LogP contribution >= 0.6 is 0 Å². The number of imidazole rings is 1. The lowest BCUT2D eigenvalue weighted by Crippen LogP contribution is -2.39. The summed E-state index contributed by atoms with van der Waals surface area (Å²) in [5.41, 5.74) is 2.05. The summed E-state index contributed by atoms with van der Waals surface area (Å²) in [5, 5.41) is 6.63. The number of nitrogens with one attached hydrogen (secondary N) is 2. The van der Waals surface area contributed by atoms with Crippen molar-refractivity contribution in [3.05, 3.63) is 36.3 Å². The largest absolute Gasteiger partial charge is 0.379 e. The van der Waals surface area contributed by atoms with E-state index in [1.54, 1.807) is 7.05 Å². The molecule has 136 valence electrons. The summed E-state index contributed by atoms with van der Waals surface area (Å²) in [6.45, 7) is 3.94. The first-order valence-electron chi connectivity index (χ1n) is 8.91. The van der Waals surface area contributed by atoms with Crippen molar-refractivity contribution in [3.8, 4) is 0 Å². The third kappa shape index (κ3) is 5.44. The standard InChI is InChI=1S/C18H27N5O2/c1-19-18(20-8-4-11-25-16-7-12-24-14-16)21-9-6-15-13-23-10-3-2-5-17(23)22-15/h2-3,5,10,13,16H,4,6-9,11-12,14H2,1H3,(H2,19,20,21). The van der Waals surface area contributed by atoms with Crippen LogP contribution in [0.5, 0.6) is 0 Å². The molecule has 0 saturated carbocycles. The number of aliphatic imine (C=N–C) groups is 1. The van der Waals surface area contributed by atoms with E-state index in [0.29, 0.717) is 0 Å². The first-order valence-corrected chi connectivity index (χ1v) is 8.91. The molecule has 0 amide bonds. The zero-order valence-electron chi connectivity index (χ0n) is 14.8. The molecule has 1 aliphatic rings. The normalized spacial score (nSPS) is 18.0. The predicted octanol–water partition coefficient (Wildman–Crippen LogP) is 1.24. The van der Waals surface area contributed by atoms with Crippen LogP contribution in [0.15, 0.2) is 35.6 Å². The van der Waals surface area contributed by atoms with Crippen molar-refractivity contribution in [2.75, 3.05) is 40.0 Å². The fraction of sp³-hybridized carbons (Fsp3) is 0.556. The molecule has 3 rings (SSSR count). The Kier molecular flexibility index (Phi) is 6.64. The molecule has 25 heavy (non-hydrogen) atoms. The van der Waals surface area contributed by atoms with Crippen LogP contribution in [0.2, 0.25) is 0 Å². The van der Waals surface area contributed by atoms with Crippen molar-refractivity contribution in [1.29, 1.82) is 0 Å². The van der Waals surface area contributed by atoms with Gasteiger partial charge in [-0.2, -0.15) is 0 Å². The van der Waals surface area contributed by atoms with Gasteiger partial charge in [0, 0.05) is 52.2 Å². The molecule has 1 atom stereocenters. The smallest absolute Gasteiger partial charge is 0.190 e. The molecule has 0 radical (unpaired) electrons. The fourth-order valence-corrected chi connectivity index (χ4v) is 2.81. The van der Waals surface area contributed by atoms with Crippen molar-refractivity contribution >= 4 is 11.6 Å². The highest BCUT2D eigenvalue weighted by Crippen LogP contribution is 2.08. The molecule has 2 aromatic heterocycles. The summed E-state index contributed by atoms with van der Waals surface area (Å²) in [6.07, 6.45) is 7.18. The maximum atomic E-state index is 5.75. The lowest BCUT2D eigenvalue weighted by Gasteiger charge is -2.12. The van der Waals surface area contributed by atoms with Gasteiger partial charge in [-0.25, -0.2) is 4.98 Å². The Balaban J connectivity index is 1.30. The van der Waals surface area contributed by atoms with E-state index in [9.17, 15) is 0 Å². The Morgan fingerprint density at radius 2 is 2.32 bits per heavy atom. The van der Waals surface area contributed by atoms with Gasteiger partial charge in [-0.1, -0.05) is 6.07 Å². The minimum Gasteiger partial charge on any atom is -0.379 e. The third-order valence-electron chi connectivity index (χ3n) is 4.17. The lowest BCUT2D eigenvalue weighted by atomic mass is 10.3. The molecule has 1 aliphatic heterocycles. The maximum Gasteiger partial charge on any atom is 0.190 e. The minimum atomic E-state index is 0.280. The van der Waals surface area contributed by atoms with Gasteiger partial charge in [0.2, 0.25) is 0 Å². The topological polar surface area (TPSA) is 72.2 Å². The number of nitrogens with zero attached hydrogens (tertiary/aromatic N) is 3. The van der Waals surface area contributed by atoms with E-state index in [0.717, 1.165) is 69.5 Å². The van der Waals surface area contributed by atoms with E-state index in [-0.39, 0.29) is 6.10 Å². The first-order chi connectivity index (χ1) is 12.3. The van der Waals surface area contributed by atoms with Crippen LogP contribution < -0.4 is 10.6 Å². The number of hydrogen-bond acceptors (Lipinski definition) is 4. The van der Waals surface area contributed by atoms with Crippen LogP contribution in [0.3, 0.4) is 0 Å². The molecule has 3 heterocycles. The van der Waals surface area contributed by atoms with Crippen molar-refractivity contribution in [1.82, 2.24) is 20.0 Å². The molecule has 1 unspecified atom stereocenters. The van der Waals surface area contributed by atoms with Gasteiger partial charge in [-0.3, -0.25) is 4.99 Å². The quantitative estimate of drug-likeness (QED) is 0.428. The van der Waals surface area contributed by atoms with Gasteiger partial charge in [0.05, 0.1) is 18.4 Å². The van der Waals surface area contributed by atoms with Crippen molar-refractivity contribution < 1.29 is 9.47 Å². The molecular formula is C18H27N5O2. The molecule has 0 spiro atoms. The highest BCUT2D eigenvalue weighted by atomic mass is 16.5. The van der Waals surface area contributed by atoms with Crippen LogP contribution in [0.25, 0.3) is 5.65 Å². The number of rotatable bonds is 8. The zero-order valence-corrected chi connectivity index (χ0v) is 14.8. The number of aromatic nitrogens is 2. The molecule has 2 N–H and O–H groups in total. The van der Waals surface area contributed by atoms with Crippen LogP contribution in [0.4, 0.5) is 0 Å². The van der Waals surface area contributed by atoms with E-state index in [1.165, 1.54) is 0 Å². The van der Waals surface area contributed by atoms with E-state index in [1.807, 2.05) is 28.8 Å². The summed E-state index contributed by atoms with van der Waals surface area (Å²) in [7, 11) is 1.78. The molecule has 1 fully saturated rings. The van der Waals surface area contributed by atoms with Crippen molar-refractivity contribution in [3.63, 3.8) is 0 Å². The Labute approximate surface area is 148 Å². The average molecular weight is 345 g/mol. The Morgan fingerprint density at radius 1 is 1.40 bits per heavy atom. The van der Waals surface area contributed by atoms with E-state index < -0.39 is 0 Å². The number of fused-ring (bicyclic) bond motifs is 1. The van der Waals surface area contributed by atoms with Crippen LogP contribution in [-0.4, -0.2) is 61.4 Å². The summed E-state index contributed by atoms with van der Waals surface area (Å²) in [6, 6.07) is 6.02. The second kappa shape index (κ2) is 9.39. The molecule has 7 heteroatoms. The van der Waals surface area contributed by atoms with Gasteiger partial charge in [0.25, 0.3) is 0 Å². The zero-order chi connectivity index (χ0) is 17.3. The molecular weight excluding hydrogens is 318 g/mol. The van der Waals surface area contributed by atoms with E-state index in [4.69, 9.17) is 9.47 Å². The molecule has 1 saturated heterocycles. The summed E-state index contributed by atoms with van der Waals surface area (Å²) in [5.74, 6) is 0.813. The lowest BCUT2D eigenvalue weighted by molar-refractivity contribution is 0.0420. The van der Waals surface area contributed by atoms with Gasteiger partial charge < -0.3 is 24.5 Å². The SMILES string of the molecule is CN=C(NCCCOC1CCOC1)NCCc1cn2ccccc2n1. The van der Waals surface area contributed by atoms with Gasteiger partial charge in [0.15, 0.2) is 5.96 Å². The van der Waals surface area contributed by atoms with Gasteiger partial charge >= 0.3 is 0 Å². The molecule has 7 nitrogen and oxygen atoms in total. The highest BCUT2D eigenvalue weighted by molar-refractivity contribution is 5.79. The number of ether oxygens (including phenoxy) is 2. The average Bonchev–Trinajstić information content (AvgIpc) is 3.28. The third-order valence-corrected chi connectivity index (χ3v) is 4.17. The van der Waals surface area contributed by atoms with Crippen LogP contribution in [-0.2, 0) is 15.9 Å². The fourth-order valence-electron chi connectivity index (χ4n) is 2.81. The first kappa shape index (κ1) is 17.7. The van der Waals surface area contributed by atoms with E-state index >= 15 is 0 Å². The highest BCUT2D eigenvalue weighted by Gasteiger charge is 2.15. The predicted molar refractivity (Wildman–Crippen MR) is 98.1 cm³/mol. The summed E-state index contributed by atoms with van der Waals surface area (Å²) >= 11 is 0.